The molecule has 4 nitrogen and oxygen atoms in total. The van der Waals surface area contributed by atoms with Crippen molar-refractivity contribution in [2.75, 3.05) is 13.7 Å². The number of halogens is 1. The summed E-state index contributed by atoms with van der Waals surface area (Å²) >= 11 is 5.97. The van der Waals surface area contributed by atoms with Gasteiger partial charge in [0.1, 0.15) is 5.75 Å². The number of methoxy groups -OCH3 is 1. The lowest BCUT2D eigenvalue weighted by molar-refractivity contribution is 0.407. The fourth-order valence-corrected chi connectivity index (χ4v) is 1.93. The monoisotopic (exact) mass is 265 g/mol. The van der Waals surface area contributed by atoms with Crippen LogP contribution in [0.2, 0.25) is 5.02 Å². The molecule has 96 valence electrons. The minimum atomic E-state index is 0.724. The number of nitrogens with one attached hydrogen (secondary N) is 1. The Bertz CT molecular complexity index is 485. The molecule has 0 bridgehead atoms. The van der Waals surface area contributed by atoms with Crippen LogP contribution in [-0.4, -0.2) is 23.2 Å². The Morgan fingerprint density at radius 3 is 3.06 bits per heavy atom. The van der Waals surface area contributed by atoms with Crippen LogP contribution in [0.1, 0.15) is 5.56 Å². The van der Waals surface area contributed by atoms with E-state index < -0.39 is 0 Å². The molecule has 0 aliphatic rings. The standard InChI is InChI=1S/C13H16ClN3O/c1-18-13-3-2-12(14)8-11(13)9-15-4-6-17-7-5-16-10-17/h2-3,5,7-8,10,15H,4,6,9H2,1H3. The number of aromatic nitrogens is 2. The molecule has 0 atom stereocenters. The number of hydrogen-bond acceptors (Lipinski definition) is 3. The van der Waals surface area contributed by atoms with Crippen molar-refractivity contribution < 1.29 is 4.74 Å². The highest BCUT2D eigenvalue weighted by Gasteiger charge is 2.03. The second kappa shape index (κ2) is 6.42. The Morgan fingerprint density at radius 1 is 1.44 bits per heavy atom. The van der Waals surface area contributed by atoms with Crippen molar-refractivity contribution in [3.63, 3.8) is 0 Å². The van der Waals surface area contributed by atoms with Gasteiger partial charge in [-0.1, -0.05) is 11.6 Å². The zero-order valence-electron chi connectivity index (χ0n) is 10.3. The molecule has 0 saturated carbocycles. The van der Waals surface area contributed by atoms with Crippen molar-refractivity contribution in [3.8, 4) is 5.75 Å². The Kier molecular flexibility index (Phi) is 4.61. The second-order valence-electron chi connectivity index (χ2n) is 3.93. The molecular weight excluding hydrogens is 250 g/mol. The molecule has 18 heavy (non-hydrogen) atoms. The van der Waals surface area contributed by atoms with Gasteiger partial charge in [0, 0.05) is 42.6 Å². The van der Waals surface area contributed by atoms with Gasteiger partial charge < -0.3 is 14.6 Å². The first kappa shape index (κ1) is 12.9. The second-order valence-corrected chi connectivity index (χ2v) is 4.37. The van der Waals surface area contributed by atoms with E-state index in [0.29, 0.717) is 0 Å². The summed E-state index contributed by atoms with van der Waals surface area (Å²) in [5.74, 6) is 0.856. The first-order valence-corrected chi connectivity index (χ1v) is 6.16. The number of imidazole rings is 1. The number of hydrogen-bond donors (Lipinski definition) is 1. The van der Waals surface area contributed by atoms with Gasteiger partial charge in [-0.3, -0.25) is 0 Å². The van der Waals surface area contributed by atoms with E-state index in [-0.39, 0.29) is 0 Å². The van der Waals surface area contributed by atoms with E-state index in [1.165, 1.54) is 0 Å². The lowest BCUT2D eigenvalue weighted by Crippen LogP contribution is -2.19. The fourth-order valence-electron chi connectivity index (χ4n) is 1.74. The first-order valence-electron chi connectivity index (χ1n) is 5.78. The summed E-state index contributed by atoms with van der Waals surface area (Å²) in [5, 5.41) is 4.08. The Hall–Kier alpha value is -1.52. The van der Waals surface area contributed by atoms with Crippen LogP contribution in [0.3, 0.4) is 0 Å². The molecule has 1 aromatic heterocycles. The molecule has 2 aromatic rings. The van der Waals surface area contributed by atoms with Crippen LogP contribution in [0, 0.1) is 0 Å². The molecule has 5 heteroatoms. The maximum absolute atomic E-state index is 5.97. The van der Waals surface area contributed by atoms with Gasteiger partial charge in [0.15, 0.2) is 0 Å². The molecule has 0 radical (unpaired) electrons. The smallest absolute Gasteiger partial charge is 0.123 e. The van der Waals surface area contributed by atoms with Gasteiger partial charge in [-0.15, -0.1) is 0 Å². The Labute approximate surface area is 112 Å². The largest absolute Gasteiger partial charge is 0.496 e. The van der Waals surface area contributed by atoms with Crippen LogP contribution >= 0.6 is 11.6 Å². The summed E-state index contributed by atoms with van der Waals surface area (Å²) < 4.78 is 7.32. The molecule has 2 rings (SSSR count). The number of ether oxygens (including phenoxy) is 1. The van der Waals surface area contributed by atoms with E-state index in [1.54, 1.807) is 13.3 Å². The van der Waals surface area contributed by atoms with Gasteiger partial charge in [-0.2, -0.15) is 0 Å². The third-order valence-corrected chi connectivity index (χ3v) is 2.90. The van der Waals surface area contributed by atoms with Gasteiger partial charge in [-0.05, 0) is 18.2 Å². The third kappa shape index (κ3) is 3.48. The average Bonchev–Trinajstić information content (AvgIpc) is 2.88. The van der Waals surface area contributed by atoms with E-state index in [2.05, 4.69) is 10.3 Å². The van der Waals surface area contributed by atoms with E-state index in [0.717, 1.165) is 36.0 Å². The number of benzene rings is 1. The first-order chi connectivity index (χ1) is 8.79. The molecule has 1 heterocycles. The molecule has 0 unspecified atom stereocenters. The van der Waals surface area contributed by atoms with Crippen molar-refractivity contribution >= 4 is 11.6 Å². The minimum Gasteiger partial charge on any atom is -0.496 e. The maximum atomic E-state index is 5.97. The number of rotatable bonds is 6. The number of nitrogens with zero attached hydrogens (tertiary/aromatic N) is 2. The lowest BCUT2D eigenvalue weighted by Gasteiger charge is -2.10. The van der Waals surface area contributed by atoms with Crippen LogP contribution < -0.4 is 10.1 Å². The zero-order chi connectivity index (χ0) is 12.8. The molecule has 0 fully saturated rings. The summed E-state index contributed by atoms with van der Waals surface area (Å²) in [5.41, 5.74) is 1.07. The summed E-state index contributed by atoms with van der Waals surface area (Å²) in [6, 6.07) is 5.63. The molecule has 0 spiro atoms. The summed E-state index contributed by atoms with van der Waals surface area (Å²) in [6.45, 7) is 2.49. The quantitative estimate of drug-likeness (QED) is 0.815. The topological polar surface area (TPSA) is 39.1 Å². The van der Waals surface area contributed by atoms with Crippen LogP contribution in [0.15, 0.2) is 36.9 Å². The lowest BCUT2D eigenvalue weighted by atomic mass is 10.2. The summed E-state index contributed by atoms with van der Waals surface area (Å²) in [4.78, 5) is 4.00. The normalized spacial score (nSPS) is 10.6. The van der Waals surface area contributed by atoms with Crippen LogP contribution in [-0.2, 0) is 13.1 Å². The highest BCUT2D eigenvalue weighted by molar-refractivity contribution is 6.30. The van der Waals surface area contributed by atoms with Crippen molar-refractivity contribution in [1.82, 2.24) is 14.9 Å². The van der Waals surface area contributed by atoms with E-state index in [1.807, 2.05) is 35.3 Å². The van der Waals surface area contributed by atoms with Crippen molar-refractivity contribution in [1.29, 1.82) is 0 Å². The minimum absolute atomic E-state index is 0.724. The molecule has 0 amide bonds. The molecule has 1 N–H and O–H groups in total. The molecule has 0 aliphatic heterocycles. The van der Waals surface area contributed by atoms with Gasteiger partial charge in [-0.25, -0.2) is 4.98 Å². The van der Waals surface area contributed by atoms with Crippen LogP contribution in [0.4, 0.5) is 0 Å². The van der Waals surface area contributed by atoms with Crippen LogP contribution in [0.25, 0.3) is 0 Å². The van der Waals surface area contributed by atoms with Crippen molar-refractivity contribution in [3.05, 3.63) is 47.5 Å². The predicted octanol–water partition coefficient (Wildman–Crippen LogP) is 2.33. The van der Waals surface area contributed by atoms with E-state index >= 15 is 0 Å². The van der Waals surface area contributed by atoms with Crippen LogP contribution in [0.5, 0.6) is 5.75 Å². The fraction of sp³-hybridized carbons (Fsp3) is 0.308. The third-order valence-electron chi connectivity index (χ3n) is 2.66. The zero-order valence-corrected chi connectivity index (χ0v) is 11.0. The van der Waals surface area contributed by atoms with Gasteiger partial charge >= 0.3 is 0 Å². The van der Waals surface area contributed by atoms with Gasteiger partial charge in [0.2, 0.25) is 0 Å². The Morgan fingerprint density at radius 2 is 2.33 bits per heavy atom. The SMILES string of the molecule is COc1ccc(Cl)cc1CNCCn1ccnc1. The van der Waals surface area contributed by atoms with Gasteiger partial charge in [0.25, 0.3) is 0 Å². The molecule has 1 aromatic carbocycles. The highest BCUT2D eigenvalue weighted by atomic mass is 35.5. The maximum Gasteiger partial charge on any atom is 0.123 e. The average molecular weight is 266 g/mol. The van der Waals surface area contributed by atoms with E-state index in [4.69, 9.17) is 16.3 Å². The van der Waals surface area contributed by atoms with E-state index in [9.17, 15) is 0 Å². The van der Waals surface area contributed by atoms with Gasteiger partial charge in [0.05, 0.1) is 13.4 Å². The summed E-state index contributed by atoms with van der Waals surface area (Å²) in [7, 11) is 1.66. The summed E-state index contributed by atoms with van der Waals surface area (Å²) in [6.07, 6.45) is 5.53. The van der Waals surface area contributed by atoms with Crippen molar-refractivity contribution in [2.24, 2.45) is 0 Å². The molecule has 0 aliphatic carbocycles. The molecule has 0 saturated heterocycles. The predicted molar refractivity (Wildman–Crippen MR) is 71.9 cm³/mol. The Balaban J connectivity index is 1.84. The molecular formula is C13H16ClN3O. The highest BCUT2D eigenvalue weighted by Crippen LogP contribution is 2.22. The van der Waals surface area contributed by atoms with Crippen molar-refractivity contribution in [2.45, 2.75) is 13.1 Å².